The molecule has 1 aliphatic rings. The van der Waals surface area contributed by atoms with Gasteiger partial charge in [0.2, 0.25) is 0 Å². The van der Waals surface area contributed by atoms with E-state index >= 15 is 0 Å². The maximum atomic E-state index is 12.5. The molecular formula is C18H28N3O4S+. The zero-order valence-corrected chi connectivity index (χ0v) is 16.4. The minimum Gasteiger partial charge on any atom is -0.334 e. The van der Waals surface area contributed by atoms with Crippen molar-refractivity contribution in [1.29, 1.82) is 0 Å². The fraction of sp³-hybridized carbons (Fsp3) is 0.556. The first-order valence-corrected chi connectivity index (χ1v) is 10.7. The Morgan fingerprint density at radius 1 is 1.23 bits per heavy atom. The molecule has 2 amide bonds. The van der Waals surface area contributed by atoms with Crippen molar-refractivity contribution in [2.45, 2.75) is 26.3 Å². The van der Waals surface area contributed by atoms with E-state index in [0.29, 0.717) is 13.0 Å². The number of sulfone groups is 1. The van der Waals surface area contributed by atoms with E-state index in [2.05, 4.69) is 5.32 Å². The summed E-state index contributed by atoms with van der Waals surface area (Å²) in [7, 11) is -1.25. The van der Waals surface area contributed by atoms with Gasteiger partial charge in [-0.25, -0.2) is 8.42 Å². The van der Waals surface area contributed by atoms with Crippen molar-refractivity contribution in [3.8, 4) is 0 Å². The number of benzene rings is 1. The molecule has 1 unspecified atom stereocenters. The number of carbonyl (C=O) groups excluding carboxylic acids is 2. The summed E-state index contributed by atoms with van der Waals surface area (Å²) in [4.78, 5) is 27.1. The second-order valence-electron chi connectivity index (χ2n) is 6.96. The molecule has 2 N–H and O–H groups in total. The van der Waals surface area contributed by atoms with Crippen LogP contribution in [0.4, 0.5) is 5.69 Å². The van der Waals surface area contributed by atoms with Gasteiger partial charge in [0.15, 0.2) is 22.9 Å². The van der Waals surface area contributed by atoms with Gasteiger partial charge in [-0.1, -0.05) is 17.7 Å². The number of anilines is 1. The van der Waals surface area contributed by atoms with Crippen molar-refractivity contribution in [1.82, 2.24) is 4.90 Å². The van der Waals surface area contributed by atoms with Gasteiger partial charge < -0.3 is 15.1 Å². The largest absolute Gasteiger partial charge is 0.334 e. The van der Waals surface area contributed by atoms with Crippen molar-refractivity contribution >= 4 is 27.3 Å². The number of nitrogens with one attached hydrogen (secondary N) is 2. The predicted octanol–water partition coefficient (Wildman–Crippen LogP) is -0.516. The SMILES string of the molecule is CCN(C(=O)C[NH+](C)CC(=O)Nc1ccc(C)cc1)[C@@H]1CCS(=O)(=O)C1. The molecule has 144 valence electrons. The minimum absolute atomic E-state index is 0.0412. The lowest BCUT2D eigenvalue weighted by Gasteiger charge is -2.27. The molecule has 2 rings (SSSR count). The van der Waals surface area contributed by atoms with Crippen molar-refractivity contribution in [3.63, 3.8) is 0 Å². The zero-order valence-electron chi connectivity index (χ0n) is 15.6. The summed E-state index contributed by atoms with van der Waals surface area (Å²) < 4.78 is 23.3. The number of quaternary nitrogens is 1. The van der Waals surface area contributed by atoms with Crippen molar-refractivity contribution in [2.24, 2.45) is 0 Å². The van der Waals surface area contributed by atoms with E-state index < -0.39 is 9.84 Å². The standard InChI is InChI=1S/C18H27N3O4S/c1-4-21(16-9-10-26(24,25)13-16)18(23)12-20(3)11-17(22)19-15-7-5-14(2)6-8-15/h5-8,16H,4,9-13H2,1-3H3,(H,19,22)/p+1/t16-/m1/s1. The van der Waals surface area contributed by atoms with Gasteiger partial charge in [0, 0.05) is 18.3 Å². The second-order valence-corrected chi connectivity index (χ2v) is 9.19. The average molecular weight is 383 g/mol. The van der Waals surface area contributed by atoms with Crippen LogP contribution in [-0.4, -0.2) is 69.4 Å². The lowest BCUT2D eigenvalue weighted by atomic mass is 10.2. The van der Waals surface area contributed by atoms with E-state index in [1.807, 2.05) is 38.1 Å². The molecule has 26 heavy (non-hydrogen) atoms. The predicted molar refractivity (Wildman–Crippen MR) is 101 cm³/mol. The Morgan fingerprint density at radius 3 is 2.42 bits per heavy atom. The molecule has 1 heterocycles. The van der Waals surface area contributed by atoms with Crippen LogP contribution in [0.2, 0.25) is 0 Å². The maximum absolute atomic E-state index is 12.5. The minimum atomic E-state index is -3.03. The Morgan fingerprint density at radius 2 is 1.88 bits per heavy atom. The van der Waals surface area contributed by atoms with Crippen LogP contribution >= 0.6 is 0 Å². The number of nitrogens with zero attached hydrogens (tertiary/aromatic N) is 1. The molecule has 0 saturated carbocycles. The van der Waals surface area contributed by atoms with Crippen LogP contribution in [0.1, 0.15) is 18.9 Å². The van der Waals surface area contributed by atoms with Crippen LogP contribution in [0.5, 0.6) is 0 Å². The summed E-state index contributed by atoms with van der Waals surface area (Å²) in [6, 6.07) is 7.28. The van der Waals surface area contributed by atoms with Gasteiger partial charge in [-0.3, -0.25) is 9.59 Å². The first-order chi connectivity index (χ1) is 12.2. The Bertz CT molecular complexity index is 746. The molecule has 0 aromatic heterocycles. The summed E-state index contributed by atoms with van der Waals surface area (Å²) >= 11 is 0. The summed E-state index contributed by atoms with van der Waals surface area (Å²) in [6.45, 7) is 4.63. The molecule has 1 aromatic carbocycles. The first kappa shape index (κ1) is 20.4. The lowest BCUT2D eigenvalue weighted by Crippen LogP contribution is -3.11. The van der Waals surface area contributed by atoms with Crippen LogP contribution in [0.25, 0.3) is 0 Å². The number of hydrogen-bond acceptors (Lipinski definition) is 4. The summed E-state index contributed by atoms with van der Waals surface area (Å²) in [5, 5.41) is 2.82. The Hall–Kier alpha value is -1.93. The summed E-state index contributed by atoms with van der Waals surface area (Å²) in [5.41, 5.74) is 1.84. The molecule has 1 aliphatic heterocycles. The molecule has 8 heteroatoms. The van der Waals surface area contributed by atoms with E-state index in [1.165, 1.54) is 0 Å². The third-order valence-electron chi connectivity index (χ3n) is 4.56. The molecule has 0 spiro atoms. The number of aryl methyl sites for hydroxylation is 1. The molecule has 1 aromatic rings. The highest BCUT2D eigenvalue weighted by Crippen LogP contribution is 2.17. The van der Waals surface area contributed by atoms with Crippen molar-refractivity contribution < 1.29 is 22.9 Å². The second kappa shape index (κ2) is 8.64. The highest BCUT2D eigenvalue weighted by atomic mass is 32.2. The van der Waals surface area contributed by atoms with E-state index in [-0.39, 0.29) is 42.5 Å². The van der Waals surface area contributed by atoms with Crippen molar-refractivity contribution in [2.75, 3.05) is 43.5 Å². The molecule has 0 radical (unpaired) electrons. The van der Waals surface area contributed by atoms with Crippen LogP contribution in [0.3, 0.4) is 0 Å². The molecule has 7 nitrogen and oxygen atoms in total. The Kier molecular flexibility index (Phi) is 6.77. The molecular weight excluding hydrogens is 354 g/mol. The third-order valence-corrected chi connectivity index (χ3v) is 6.31. The average Bonchev–Trinajstić information content (AvgIpc) is 2.89. The number of rotatable bonds is 7. The number of hydrogen-bond donors (Lipinski definition) is 2. The van der Waals surface area contributed by atoms with Gasteiger partial charge in [-0.05, 0) is 32.4 Å². The topological polar surface area (TPSA) is 88.0 Å². The van der Waals surface area contributed by atoms with Crippen LogP contribution in [-0.2, 0) is 19.4 Å². The fourth-order valence-corrected chi connectivity index (χ4v) is 4.93. The molecule has 0 aliphatic carbocycles. The maximum Gasteiger partial charge on any atom is 0.279 e. The van der Waals surface area contributed by atoms with E-state index in [9.17, 15) is 18.0 Å². The zero-order chi connectivity index (χ0) is 19.3. The normalized spacial score (nSPS) is 19.7. The smallest absolute Gasteiger partial charge is 0.279 e. The fourth-order valence-electron chi connectivity index (χ4n) is 3.20. The number of likely N-dealkylation sites (N-methyl/N-ethyl adjacent to an activating group) is 2. The van der Waals surface area contributed by atoms with Crippen LogP contribution < -0.4 is 10.2 Å². The Balaban J connectivity index is 1.85. The molecule has 1 fully saturated rings. The Labute approximate surface area is 155 Å². The van der Waals surface area contributed by atoms with Crippen molar-refractivity contribution in [3.05, 3.63) is 29.8 Å². The monoisotopic (exact) mass is 382 g/mol. The summed E-state index contributed by atoms with van der Waals surface area (Å²) in [5.74, 6) is -0.0938. The van der Waals surface area contributed by atoms with Gasteiger partial charge in [0.25, 0.3) is 11.8 Å². The molecule has 1 saturated heterocycles. The number of amides is 2. The van der Waals surface area contributed by atoms with Crippen LogP contribution in [0, 0.1) is 6.92 Å². The lowest BCUT2D eigenvalue weighted by molar-refractivity contribution is -0.862. The molecule has 0 bridgehead atoms. The van der Waals surface area contributed by atoms with E-state index in [4.69, 9.17) is 0 Å². The van der Waals surface area contributed by atoms with Crippen LogP contribution in [0.15, 0.2) is 24.3 Å². The third kappa shape index (κ3) is 5.81. The highest BCUT2D eigenvalue weighted by Gasteiger charge is 2.34. The first-order valence-electron chi connectivity index (χ1n) is 8.88. The number of carbonyl (C=O) groups is 2. The molecule has 2 atom stereocenters. The van der Waals surface area contributed by atoms with Gasteiger partial charge >= 0.3 is 0 Å². The highest BCUT2D eigenvalue weighted by molar-refractivity contribution is 7.91. The van der Waals surface area contributed by atoms with Gasteiger partial charge in [0.1, 0.15) is 0 Å². The van der Waals surface area contributed by atoms with Gasteiger partial charge in [0.05, 0.1) is 18.6 Å². The summed E-state index contributed by atoms with van der Waals surface area (Å²) in [6.07, 6.45) is 0.495. The van der Waals surface area contributed by atoms with E-state index in [0.717, 1.165) is 16.2 Å². The van der Waals surface area contributed by atoms with Gasteiger partial charge in [-0.15, -0.1) is 0 Å². The van der Waals surface area contributed by atoms with Gasteiger partial charge in [-0.2, -0.15) is 0 Å². The van der Waals surface area contributed by atoms with E-state index in [1.54, 1.807) is 11.9 Å². The quantitative estimate of drug-likeness (QED) is 0.665.